The van der Waals surface area contributed by atoms with Crippen LogP contribution in [0.4, 0.5) is 4.39 Å². The predicted octanol–water partition coefficient (Wildman–Crippen LogP) is 6.29. The van der Waals surface area contributed by atoms with Crippen molar-refractivity contribution >= 4 is 34.3 Å². The Morgan fingerprint density at radius 3 is 2.60 bits per heavy atom. The van der Waals surface area contributed by atoms with Crippen LogP contribution in [0.25, 0.3) is 0 Å². The van der Waals surface area contributed by atoms with Gasteiger partial charge in [0.2, 0.25) is 0 Å². The van der Waals surface area contributed by atoms with Crippen LogP contribution in [-0.4, -0.2) is 64.1 Å². The molecule has 4 aliphatic carbocycles. The first-order chi connectivity index (χ1) is 19.8. The number of hydrogen-bond acceptors (Lipinski definition) is 7. The number of alkyl halides is 1. The van der Waals surface area contributed by atoms with Gasteiger partial charge in [0.25, 0.3) is 0 Å². The summed E-state index contributed by atoms with van der Waals surface area (Å²) in [4.78, 5) is 26.2. The van der Waals surface area contributed by atoms with Gasteiger partial charge in [-0.15, -0.1) is 0 Å². The number of ether oxygens (including phenoxy) is 1. The van der Waals surface area contributed by atoms with Crippen molar-refractivity contribution in [1.29, 1.82) is 0 Å². The van der Waals surface area contributed by atoms with Crippen molar-refractivity contribution in [2.24, 2.45) is 39.9 Å². The van der Waals surface area contributed by atoms with Crippen LogP contribution in [0.3, 0.4) is 0 Å². The minimum Gasteiger partial charge on any atom is -0.392 e. The topological polar surface area (TPSA) is 87.1 Å². The first-order valence-electron chi connectivity index (χ1n) is 15.0. The third kappa shape index (κ3) is 5.34. The van der Waals surface area contributed by atoms with Gasteiger partial charge in [-0.25, -0.2) is 4.39 Å². The highest BCUT2D eigenvalue weighted by atomic mass is 35.5. The Morgan fingerprint density at radius 1 is 1.19 bits per heavy atom. The number of benzene rings is 1. The molecule has 42 heavy (non-hydrogen) atoms. The summed E-state index contributed by atoms with van der Waals surface area (Å²) in [5.41, 5.74) is -0.745. The fourth-order valence-electron chi connectivity index (χ4n) is 9.00. The van der Waals surface area contributed by atoms with E-state index in [4.69, 9.17) is 16.3 Å². The molecule has 0 aliphatic heterocycles. The minimum atomic E-state index is -1.30. The number of nitrogens with zero attached hydrogens (tertiary/aromatic N) is 1. The molecule has 6 nitrogen and oxygen atoms in total. The summed E-state index contributed by atoms with van der Waals surface area (Å²) < 4.78 is 21.5. The van der Waals surface area contributed by atoms with Crippen molar-refractivity contribution in [3.05, 3.63) is 58.7 Å². The van der Waals surface area contributed by atoms with Gasteiger partial charge < -0.3 is 15.1 Å². The zero-order chi connectivity index (χ0) is 30.4. The molecular formula is C33H43ClFNO5S. The molecule has 1 aromatic carbocycles. The summed E-state index contributed by atoms with van der Waals surface area (Å²) in [5.74, 6) is -0.528. The Labute approximate surface area is 257 Å². The molecule has 9 heteroatoms. The highest BCUT2D eigenvalue weighted by molar-refractivity contribution is 8.13. The van der Waals surface area contributed by atoms with E-state index in [1.807, 2.05) is 32.9 Å². The number of halogens is 2. The van der Waals surface area contributed by atoms with Crippen molar-refractivity contribution in [3.63, 3.8) is 0 Å². The van der Waals surface area contributed by atoms with Crippen LogP contribution >= 0.6 is 23.4 Å². The number of hydroxylamine groups is 2. The molecule has 9 unspecified atom stereocenters. The van der Waals surface area contributed by atoms with E-state index in [2.05, 4.69) is 6.92 Å². The lowest BCUT2D eigenvalue weighted by molar-refractivity contribution is -0.183. The SMILES string of the molecule is CCOCCSC(=O)C1C(CN(O)Cc2ccc(Cl)cc2)CC2C3CC(F)C4=CC(=O)C=CC4(C)C3(C)C(O)CC21C. The number of aliphatic hydroxyl groups excluding tert-OH is 1. The van der Waals surface area contributed by atoms with Gasteiger partial charge in [0, 0.05) is 47.2 Å². The molecule has 0 radical (unpaired) electrons. The molecule has 0 saturated heterocycles. The molecule has 230 valence electrons. The number of aliphatic hydroxyl groups is 1. The van der Waals surface area contributed by atoms with Crippen LogP contribution in [0.5, 0.6) is 0 Å². The maximum absolute atomic E-state index is 16.0. The molecule has 3 fully saturated rings. The first kappa shape index (κ1) is 31.9. The average molecular weight is 620 g/mol. The monoisotopic (exact) mass is 619 g/mol. The summed E-state index contributed by atoms with van der Waals surface area (Å²) in [7, 11) is 0. The van der Waals surface area contributed by atoms with E-state index >= 15 is 4.39 Å². The van der Waals surface area contributed by atoms with E-state index in [9.17, 15) is 19.9 Å². The van der Waals surface area contributed by atoms with E-state index in [0.717, 1.165) is 5.56 Å². The summed E-state index contributed by atoms with van der Waals surface area (Å²) in [5, 5.41) is 25.0. The van der Waals surface area contributed by atoms with Crippen molar-refractivity contribution in [1.82, 2.24) is 5.06 Å². The fraction of sp³-hybridized carbons (Fsp3) is 0.636. The summed E-state index contributed by atoms with van der Waals surface area (Å²) in [6, 6.07) is 7.30. The lowest BCUT2D eigenvalue weighted by Gasteiger charge is -2.65. The second kappa shape index (κ2) is 12.1. The second-order valence-corrected chi connectivity index (χ2v) is 14.8. The van der Waals surface area contributed by atoms with Crippen LogP contribution in [0.2, 0.25) is 5.02 Å². The second-order valence-electron chi connectivity index (χ2n) is 13.3. The molecule has 0 amide bonds. The highest BCUT2D eigenvalue weighted by Gasteiger charge is 2.70. The molecule has 0 aromatic heterocycles. The van der Waals surface area contributed by atoms with Gasteiger partial charge in [-0.1, -0.05) is 62.3 Å². The average Bonchev–Trinajstić information content (AvgIpc) is 3.21. The van der Waals surface area contributed by atoms with Gasteiger partial charge in [-0.3, -0.25) is 9.59 Å². The Hall–Kier alpha value is -1.55. The van der Waals surface area contributed by atoms with E-state index in [1.165, 1.54) is 29.0 Å². The standard InChI is InChI=1S/C33H43ClFNO5S/c1-5-41-12-13-42-30(39)29-21(19-36(40)18-20-6-8-22(34)9-7-20)14-24-25-16-27(35)26-15-23(37)10-11-32(26,3)33(25,4)28(38)17-31(24,29)2/h6-11,15,21,24-25,27-29,38,40H,5,12-14,16-19H2,1-4H3. The Balaban J connectivity index is 1.47. The molecular weight excluding hydrogens is 577 g/mol. The molecule has 0 bridgehead atoms. The molecule has 0 spiro atoms. The van der Waals surface area contributed by atoms with E-state index < -0.39 is 34.4 Å². The molecule has 0 heterocycles. The van der Waals surface area contributed by atoms with Gasteiger partial charge in [-0.2, -0.15) is 5.06 Å². The number of carbonyl (C=O) groups is 2. The van der Waals surface area contributed by atoms with Crippen LogP contribution in [-0.2, 0) is 20.9 Å². The van der Waals surface area contributed by atoms with Crippen molar-refractivity contribution in [3.8, 4) is 0 Å². The quantitative estimate of drug-likeness (QED) is 0.248. The zero-order valence-corrected chi connectivity index (χ0v) is 26.5. The lowest BCUT2D eigenvalue weighted by atomic mass is 9.40. The molecule has 3 saturated carbocycles. The largest absolute Gasteiger partial charge is 0.392 e. The van der Waals surface area contributed by atoms with E-state index in [-0.39, 0.29) is 48.2 Å². The first-order valence-corrected chi connectivity index (χ1v) is 16.4. The zero-order valence-electron chi connectivity index (χ0n) is 24.9. The van der Waals surface area contributed by atoms with Crippen LogP contribution in [0.15, 0.2) is 48.1 Å². The van der Waals surface area contributed by atoms with Gasteiger partial charge >= 0.3 is 0 Å². The molecule has 4 aliphatic rings. The summed E-state index contributed by atoms with van der Waals surface area (Å²) in [6.07, 6.45) is 3.87. The lowest BCUT2D eigenvalue weighted by Crippen LogP contribution is -2.64. The smallest absolute Gasteiger partial charge is 0.192 e. The summed E-state index contributed by atoms with van der Waals surface area (Å²) >= 11 is 7.30. The van der Waals surface area contributed by atoms with Gasteiger partial charge in [-0.05, 0) is 84.8 Å². The van der Waals surface area contributed by atoms with Gasteiger partial charge in [0.15, 0.2) is 10.9 Å². The molecule has 5 rings (SSSR count). The summed E-state index contributed by atoms with van der Waals surface area (Å²) in [6.45, 7) is 9.63. The van der Waals surface area contributed by atoms with Crippen molar-refractivity contribution in [2.75, 3.05) is 25.5 Å². The van der Waals surface area contributed by atoms with Crippen molar-refractivity contribution in [2.45, 2.75) is 65.8 Å². The maximum Gasteiger partial charge on any atom is 0.192 e. The highest BCUT2D eigenvalue weighted by Crippen LogP contribution is 2.72. The molecule has 9 atom stereocenters. The van der Waals surface area contributed by atoms with Gasteiger partial charge in [0.1, 0.15) is 6.17 Å². The molecule has 1 aromatic rings. The van der Waals surface area contributed by atoms with Crippen molar-refractivity contribution < 1.29 is 29.0 Å². The number of rotatable bonds is 9. The number of fused-ring (bicyclic) bond motifs is 5. The third-order valence-electron chi connectivity index (χ3n) is 11.2. The molecule has 2 N–H and O–H groups in total. The normalized spacial score (nSPS) is 39.1. The number of carbonyl (C=O) groups excluding carboxylic acids is 2. The number of hydrogen-bond donors (Lipinski definition) is 2. The Bertz CT molecular complexity index is 1260. The van der Waals surface area contributed by atoms with Crippen LogP contribution < -0.4 is 0 Å². The van der Waals surface area contributed by atoms with E-state index in [1.54, 1.807) is 18.2 Å². The Kier molecular flexibility index (Phi) is 9.17. The number of ketones is 1. The van der Waals surface area contributed by atoms with Crippen LogP contribution in [0, 0.1) is 39.9 Å². The minimum absolute atomic E-state index is 0.0380. The number of thioether (sulfide) groups is 1. The van der Waals surface area contributed by atoms with Gasteiger partial charge in [0.05, 0.1) is 12.7 Å². The van der Waals surface area contributed by atoms with Crippen LogP contribution in [0.1, 0.15) is 52.5 Å². The predicted molar refractivity (Wildman–Crippen MR) is 163 cm³/mol. The maximum atomic E-state index is 16.0. The van der Waals surface area contributed by atoms with E-state index in [0.29, 0.717) is 42.4 Å². The Morgan fingerprint density at radius 2 is 1.90 bits per heavy atom. The fourth-order valence-corrected chi connectivity index (χ4v) is 10.2. The third-order valence-corrected chi connectivity index (χ3v) is 12.4. The number of allylic oxidation sites excluding steroid dienone is 4.